The summed E-state index contributed by atoms with van der Waals surface area (Å²) in [5.41, 5.74) is 4.03. The van der Waals surface area contributed by atoms with Crippen LogP contribution >= 0.6 is 0 Å². The lowest BCUT2D eigenvalue weighted by molar-refractivity contribution is 0.276. The third-order valence-electron chi connectivity index (χ3n) is 3.02. The van der Waals surface area contributed by atoms with Crippen molar-refractivity contribution in [3.63, 3.8) is 0 Å². The van der Waals surface area contributed by atoms with E-state index >= 15 is 0 Å². The van der Waals surface area contributed by atoms with Gasteiger partial charge in [-0.25, -0.2) is 0 Å². The van der Waals surface area contributed by atoms with Crippen molar-refractivity contribution in [2.45, 2.75) is 46.2 Å². The summed E-state index contributed by atoms with van der Waals surface area (Å²) in [6.07, 6.45) is 1.91. The van der Waals surface area contributed by atoms with Gasteiger partial charge in [0, 0.05) is 19.2 Å². The molecule has 2 N–H and O–H groups in total. The van der Waals surface area contributed by atoms with Crippen LogP contribution in [0.3, 0.4) is 0 Å². The van der Waals surface area contributed by atoms with Crippen molar-refractivity contribution < 1.29 is 5.11 Å². The van der Waals surface area contributed by atoms with E-state index in [-0.39, 0.29) is 6.61 Å². The number of benzene rings is 1. The molecular formula is C14H23NO. The molecule has 16 heavy (non-hydrogen) atoms. The summed E-state index contributed by atoms with van der Waals surface area (Å²) >= 11 is 0. The number of hydrogen-bond donors (Lipinski definition) is 2. The second-order valence-corrected chi connectivity index (χ2v) is 4.57. The lowest BCUT2D eigenvalue weighted by Gasteiger charge is -2.13. The minimum absolute atomic E-state index is 0.287. The largest absolute Gasteiger partial charge is 0.396 e. The quantitative estimate of drug-likeness (QED) is 0.773. The highest BCUT2D eigenvalue weighted by Gasteiger charge is 2.01. The minimum Gasteiger partial charge on any atom is -0.396 e. The first kappa shape index (κ1) is 13.2. The zero-order chi connectivity index (χ0) is 12.0. The molecule has 1 aromatic carbocycles. The molecule has 90 valence electrons. The van der Waals surface area contributed by atoms with Crippen molar-refractivity contribution in [3.8, 4) is 0 Å². The fourth-order valence-corrected chi connectivity index (χ4v) is 1.71. The molecule has 0 aliphatic rings. The Morgan fingerprint density at radius 1 is 1.25 bits per heavy atom. The SMILES string of the molecule is Cc1ccc(CNC(C)CCCO)cc1C. The summed E-state index contributed by atoms with van der Waals surface area (Å²) in [5.74, 6) is 0. The Morgan fingerprint density at radius 3 is 2.62 bits per heavy atom. The standard InChI is InChI=1S/C14H23NO/c1-11-6-7-14(9-12(11)2)10-15-13(3)5-4-8-16/h6-7,9,13,15-16H,4-5,8,10H2,1-3H3. The number of rotatable bonds is 6. The zero-order valence-corrected chi connectivity index (χ0v) is 10.6. The first-order chi connectivity index (χ1) is 7.63. The van der Waals surface area contributed by atoms with Crippen LogP contribution in [0, 0.1) is 13.8 Å². The van der Waals surface area contributed by atoms with Crippen LogP contribution in [-0.2, 0) is 6.54 Å². The smallest absolute Gasteiger partial charge is 0.0431 e. The summed E-state index contributed by atoms with van der Waals surface area (Å²) in [7, 11) is 0. The minimum atomic E-state index is 0.287. The Bertz CT molecular complexity index is 323. The molecule has 0 amide bonds. The lowest BCUT2D eigenvalue weighted by Crippen LogP contribution is -2.25. The van der Waals surface area contributed by atoms with Gasteiger partial charge in [-0.1, -0.05) is 18.2 Å². The van der Waals surface area contributed by atoms with Crippen LogP contribution < -0.4 is 5.32 Å². The van der Waals surface area contributed by atoms with Gasteiger partial charge in [0.25, 0.3) is 0 Å². The highest BCUT2D eigenvalue weighted by atomic mass is 16.2. The van der Waals surface area contributed by atoms with Crippen LogP contribution in [-0.4, -0.2) is 17.8 Å². The second-order valence-electron chi connectivity index (χ2n) is 4.57. The Morgan fingerprint density at radius 2 is 2.00 bits per heavy atom. The molecule has 0 spiro atoms. The number of nitrogens with one attached hydrogen (secondary N) is 1. The Kier molecular flexibility index (Phi) is 5.50. The average molecular weight is 221 g/mol. The fraction of sp³-hybridized carbons (Fsp3) is 0.571. The van der Waals surface area contributed by atoms with Gasteiger partial charge in [0.05, 0.1) is 0 Å². The predicted octanol–water partition coefficient (Wildman–Crippen LogP) is 2.55. The maximum atomic E-state index is 8.74. The monoisotopic (exact) mass is 221 g/mol. The Labute approximate surface area is 98.7 Å². The fourth-order valence-electron chi connectivity index (χ4n) is 1.71. The summed E-state index contributed by atoms with van der Waals surface area (Å²) in [6.45, 7) is 7.64. The van der Waals surface area contributed by atoms with Gasteiger partial charge in [-0.2, -0.15) is 0 Å². The predicted molar refractivity (Wildman–Crippen MR) is 68.5 cm³/mol. The molecule has 2 heteroatoms. The molecular weight excluding hydrogens is 198 g/mol. The van der Waals surface area contributed by atoms with Crippen molar-refractivity contribution in [1.29, 1.82) is 0 Å². The molecule has 1 unspecified atom stereocenters. The van der Waals surface area contributed by atoms with E-state index in [0.29, 0.717) is 6.04 Å². The molecule has 0 saturated carbocycles. The first-order valence-electron chi connectivity index (χ1n) is 6.04. The van der Waals surface area contributed by atoms with Crippen LogP contribution in [0.2, 0.25) is 0 Å². The highest BCUT2D eigenvalue weighted by Crippen LogP contribution is 2.10. The van der Waals surface area contributed by atoms with E-state index in [0.717, 1.165) is 19.4 Å². The maximum absolute atomic E-state index is 8.74. The molecule has 1 rings (SSSR count). The van der Waals surface area contributed by atoms with Crippen molar-refractivity contribution in [3.05, 3.63) is 34.9 Å². The summed E-state index contributed by atoms with van der Waals surface area (Å²) in [4.78, 5) is 0. The van der Waals surface area contributed by atoms with Crippen molar-refractivity contribution in [1.82, 2.24) is 5.32 Å². The molecule has 1 aromatic rings. The normalized spacial score (nSPS) is 12.8. The van der Waals surface area contributed by atoms with Crippen LogP contribution in [0.25, 0.3) is 0 Å². The maximum Gasteiger partial charge on any atom is 0.0431 e. The zero-order valence-electron chi connectivity index (χ0n) is 10.6. The van der Waals surface area contributed by atoms with Crippen LogP contribution in [0.4, 0.5) is 0 Å². The molecule has 0 radical (unpaired) electrons. The van der Waals surface area contributed by atoms with E-state index in [1.165, 1.54) is 16.7 Å². The molecule has 1 atom stereocenters. The molecule has 2 nitrogen and oxygen atoms in total. The molecule has 0 heterocycles. The highest BCUT2D eigenvalue weighted by molar-refractivity contribution is 5.29. The van der Waals surface area contributed by atoms with Crippen molar-refractivity contribution in [2.75, 3.05) is 6.61 Å². The van der Waals surface area contributed by atoms with E-state index in [1.807, 2.05) is 0 Å². The number of aliphatic hydroxyl groups excluding tert-OH is 1. The van der Waals surface area contributed by atoms with E-state index in [1.54, 1.807) is 0 Å². The van der Waals surface area contributed by atoms with Crippen molar-refractivity contribution in [2.24, 2.45) is 0 Å². The number of aryl methyl sites for hydroxylation is 2. The van der Waals surface area contributed by atoms with Crippen LogP contribution in [0.1, 0.15) is 36.5 Å². The third-order valence-corrected chi connectivity index (χ3v) is 3.02. The van der Waals surface area contributed by atoms with Gasteiger partial charge < -0.3 is 10.4 Å². The van der Waals surface area contributed by atoms with Gasteiger partial charge in [-0.05, 0) is 50.3 Å². The first-order valence-corrected chi connectivity index (χ1v) is 6.04. The Balaban J connectivity index is 2.39. The molecule has 0 aromatic heterocycles. The van der Waals surface area contributed by atoms with Crippen LogP contribution in [0.5, 0.6) is 0 Å². The van der Waals surface area contributed by atoms with Gasteiger partial charge >= 0.3 is 0 Å². The van der Waals surface area contributed by atoms with Gasteiger partial charge in [0.2, 0.25) is 0 Å². The van der Waals surface area contributed by atoms with E-state index in [4.69, 9.17) is 5.11 Å². The molecule has 0 saturated heterocycles. The van der Waals surface area contributed by atoms with Gasteiger partial charge in [0.1, 0.15) is 0 Å². The molecule has 0 fully saturated rings. The average Bonchev–Trinajstić information content (AvgIpc) is 2.28. The van der Waals surface area contributed by atoms with Gasteiger partial charge in [0.15, 0.2) is 0 Å². The summed E-state index contributed by atoms with van der Waals surface area (Å²) in [6, 6.07) is 7.05. The molecule has 0 aliphatic heterocycles. The van der Waals surface area contributed by atoms with E-state index < -0.39 is 0 Å². The third kappa shape index (κ3) is 4.33. The summed E-state index contributed by atoms with van der Waals surface area (Å²) in [5, 5.41) is 12.2. The molecule has 0 bridgehead atoms. The topological polar surface area (TPSA) is 32.3 Å². The number of hydrogen-bond acceptors (Lipinski definition) is 2. The number of aliphatic hydroxyl groups is 1. The lowest BCUT2D eigenvalue weighted by atomic mass is 10.1. The van der Waals surface area contributed by atoms with Crippen LogP contribution in [0.15, 0.2) is 18.2 Å². The molecule has 0 aliphatic carbocycles. The van der Waals surface area contributed by atoms with Gasteiger partial charge in [-0.3, -0.25) is 0 Å². The Hall–Kier alpha value is -0.860. The second kappa shape index (κ2) is 6.66. The van der Waals surface area contributed by atoms with E-state index in [2.05, 4.69) is 44.3 Å². The van der Waals surface area contributed by atoms with E-state index in [9.17, 15) is 0 Å². The summed E-state index contributed by atoms with van der Waals surface area (Å²) < 4.78 is 0. The van der Waals surface area contributed by atoms with Crippen molar-refractivity contribution >= 4 is 0 Å². The van der Waals surface area contributed by atoms with Gasteiger partial charge in [-0.15, -0.1) is 0 Å².